The Morgan fingerprint density at radius 3 is 2.42 bits per heavy atom. The van der Waals surface area contributed by atoms with Gasteiger partial charge >= 0.3 is 0 Å². The van der Waals surface area contributed by atoms with Crippen LogP contribution in [0, 0.1) is 5.82 Å². The Labute approximate surface area is 148 Å². The Morgan fingerprint density at radius 2 is 1.62 bits per heavy atom. The standard InChI is InChI=1S/C21H15BrFN/c22-19-13-16(23)11-10-15(19)12-18-17-8-4-5-9-20(17)24-21(18)14-6-2-1-3-7-14/h1-11,13,24H,12H2. The fraction of sp³-hybridized carbons (Fsp3) is 0.0476. The van der Waals surface area contributed by atoms with E-state index in [4.69, 9.17) is 0 Å². The number of aromatic amines is 1. The first kappa shape index (κ1) is 15.2. The maximum absolute atomic E-state index is 13.4. The number of para-hydroxylation sites is 1. The van der Waals surface area contributed by atoms with Gasteiger partial charge in [-0.05, 0) is 34.9 Å². The molecule has 1 heterocycles. The third-order valence-corrected chi connectivity index (χ3v) is 5.00. The minimum absolute atomic E-state index is 0.229. The van der Waals surface area contributed by atoms with Gasteiger partial charge in [0.05, 0.1) is 5.69 Å². The van der Waals surface area contributed by atoms with E-state index in [1.807, 2.05) is 36.4 Å². The van der Waals surface area contributed by atoms with Crippen LogP contribution in [0.5, 0.6) is 0 Å². The molecular weight excluding hydrogens is 365 g/mol. The van der Waals surface area contributed by atoms with Gasteiger partial charge in [0.15, 0.2) is 0 Å². The Balaban J connectivity index is 1.89. The summed E-state index contributed by atoms with van der Waals surface area (Å²) in [7, 11) is 0. The summed E-state index contributed by atoms with van der Waals surface area (Å²) in [4.78, 5) is 3.54. The van der Waals surface area contributed by atoms with Crippen LogP contribution in [0.15, 0.2) is 77.3 Å². The summed E-state index contributed by atoms with van der Waals surface area (Å²) in [5, 5.41) is 1.20. The van der Waals surface area contributed by atoms with Crippen LogP contribution >= 0.6 is 15.9 Å². The van der Waals surface area contributed by atoms with Crippen LogP contribution in [-0.4, -0.2) is 4.98 Å². The van der Waals surface area contributed by atoms with Gasteiger partial charge in [-0.1, -0.05) is 70.5 Å². The van der Waals surface area contributed by atoms with Crippen LogP contribution < -0.4 is 0 Å². The second-order valence-electron chi connectivity index (χ2n) is 5.80. The summed E-state index contributed by atoms with van der Waals surface area (Å²) >= 11 is 3.49. The van der Waals surface area contributed by atoms with Gasteiger partial charge in [-0.3, -0.25) is 0 Å². The molecular formula is C21H15BrFN. The first-order valence-corrected chi connectivity index (χ1v) is 8.60. The number of hydrogen-bond acceptors (Lipinski definition) is 0. The quantitative estimate of drug-likeness (QED) is 0.428. The number of rotatable bonds is 3. The number of H-pyrrole nitrogens is 1. The van der Waals surface area contributed by atoms with Gasteiger partial charge in [0.2, 0.25) is 0 Å². The van der Waals surface area contributed by atoms with E-state index in [1.54, 1.807) is 0 Å². The largest absolute Gasteiger partial charge is 0.354 e. The van der Waals surface area contributed by atoms with Gasteiger partial charge in [-0.25, -0.2) is 4.39 Å². The monoisotopic (exact) mass is 379 g/mol. The highest BCUT2D eigenvalue weighted by molar-refractivity contribution is 9.10. The molecule has 0 aliphatic rings. The van der Waals surface area contributed by atoms with Crippen LogP contribution in [0.3, 0.4) is 0 Å². The molecule has 4 rings (SSSR count). The second-order valence-corrected chi connectivity index (χ2v) is 6.66. The lowest BCUT2D eigenvalue weighted by Gasteiger charge is -2.08. The Morgan fingerprint density at radius 1 is 0.875 bits per heavy atom. The van der Waals surface area contributed by atoms with Crippen molar-refractivity contribution in [2.24, 2.45) is 0 Å². The zero-order chi connectivity index (χ0) is 16.5. The zero-order valence-corrected chi connectivity index (χ0v) is 14.5. The fourth-order valence-electron chi connectivity index (χ4n) is 3.09. The molecule has 118 valence electrons. The SMILES string of the molecule is Fc1ccc(Cc2c(-c3ccccc3)[nH]c3ccccc23)c(Br)c1. The highest BCUT2D eigenvalue weighted by atomic mass is 79.9. The molecule has 24 heavy (non-hydrogen) atoms. The summed E-state index contributed by atoms with van der Waals surface area (Å²) in [5.74, 6) is -0.229. The Hall–Kier alpha value is -2.39. The van der Waals surface area contributed by atoms with Crippen molar-refractivity contribution in [1.82, 2.24) is 4.98 Å². The lowest BCUT2D eigenvalue weighted by molar-refractivity contribution is 0.626. The maximum atomic E-state index is 13.4. The summed E-state index contributed by atoms with van der Waals surface area (Å²) < 4.78 is 14.2. The van der Waals surface area contributed by atoms with E-state index in [0.29, 0.717) is 0 Å². The molecule has 4 aromatic rings. The molecule has 0 spiro atoms. The average molecular weight is 380 g/mol. The first-order valence-electron chi connectivity index (χ1n) is 7.81. The second kappa shape index (κ2) is 6.25. The predicted octanol–water partition coefficient (Wildman–Crippen LogP) is 6.33. The fourth-order valence-corrected chi connectivity index (χ4v) is 3.58. The first-order chi connectivity index (χ1) is 11.7. The highest BCUT2D eigenvalue weighted by Gasteiger charge is 2.14. The van der Waals surface area contributed by atoms with Crippen LogP contribution in [0.2, 0.25) is 0 Å². The molecule has 0 unspecified atom stereocenters. The van der Waals surface area contributed by atoms with E-state index in [0.717, 1.165) is 33.2 Å². The van der Waals surface area contributed by atoms with E-state index in [9.17, 15) is 4.39 Å². The number of benzene rings is 3. The molecule has 1 N–H and O–H groups in total. The van der Waals surface area contributed by atoms with Gasteiger partial charge in [0.1, 0.15) is 5.82 Å². The lowest BCUT2D eigenvalue weighted by Crippen LogP contribution is -1.92. The van der Waals surface area contributed by atoms with Crippen molar-refractivity contribution >= 4 is 26.8 Å². The molecule has 0 saturated heterocycles. The van der Waals surface area contributed by atoms with Crippen molar-refractivity contribution in [2.45, 2.75) is 6.42 Å². The molecule has 0 aliphatic carbocycles. The molecule has 0 aliphatic heterocycles. The van der Waals surface area contributed by atoms with Gasteiger partial charge < -0.3 is 4.98 Å². The van der Waals surface area contributed by atoms with E-state index in [1.165, 1.54) is 23.1 Å². The minimum atomic E-state index is -0.229. The molecule has 0 fully saturated rings. The molecule has 1 aromatic heterocycles. The van der Waals surface area contributed by atoms with Gasteiger partial charge in [0, 0.05) is 21.8 Å². The maximum Gasteiger partial charge on any atom is 0.124 e. The Kier molecular flexibility index (Phi) is 3.95. The van der Waals surface area contributed by atoms with E-state index < -0.39 is 0 Å². The summed E-state index contributed by atoms with van der Waals surface area (Å²) in [6.07, 6.45) is 0.731. The number of hydrogen-bond donors (Lipinski definition) is 1. The van der Waals surface area contributed by atoms with Crippen molar-refractivity contribution in [3.05, 3.63) is 94.2 Å². The van der Waals surface area contributed by atoms with Crippen LogP contribution in [0.1, 0.15) is 11.1 Å². The number of nitrogens with one attached hydrogen (secondary N) is 1. The third-order valence-electron chi connectivity index (χ3n) is 4.26. The van der Waals surface area contributed by atoms with Crippen LogP contribution in [0.25, 0.3) is 22.2 Å². The highest BCUT2D eigenvalue weighted by Crippen LogP contribution is 2.33. The number of fused-ring (bicyclic) bond motifs is 1. The molecule has 0 bridgehead atoms. The topological polar surface area (TPSA) is 15.8 Å². The molecule has 3 aromatic carbocycles. The molecule has 0 amide bonds. The van der Waals surface area contributed by atoms with E-state index in [2.05, 4.69) is 45.2 Å². The molecule has 3 heteroatoms. The van der Waals surface area contributed by atoms with Crippen molar-refractivity contribution < 1.29 is 4.39 Å². The number of halogens is 2. The number of aromatic nitrogens is 1. The van der Waals surface area contributed by atoms with Gasteiger partial charge in [-0.2, -0.15) is 0 Å². The molecule has 0 atom stereocenters. The van der Waals surface area contributed by atoms with Crippen molar-refractivity contribution in [1.29, 1.82) is 0 Å². The summed E-state index contributed by atoms with van der Waals surface area (Å²) in [5.41, 5.74) is 5.68. The van der Waals surface area contributed by atoms with E-state index >= 15 is 0 Å². The molecule has 1 nitrogen and oxygen atoms in total. The minimum Gasteiger partial charge on any atom is -0.354 e. The van der Waals surface area contributed by atoms with Crippen LogP contribution in [0.4, 0.5) is 4.39 Å². The van der Waals surface area contributed by atoms with Crippen molar-refractivity contribution in [3.63, 3.8) is 0 Å². The van der Waals surface area contributed by atoms with Gasteiger partial charge in [-0.15, -0.1) is 0 Å². The predicted molar refractivity (Wildman–Crippen MR) is 101 cm³/mol. The zero-order valence-electron chi connectivity index (χ0n) is 12.9. The third kappa shape index (κ3) is 2.76. The average Bonchev–Trinajstić information content (AvgIpc) is 2.97. The Bertz CT molecular complexity index is 1000. The smallest absolute Gasteiger partial charge is 0.124 e. The summed E-state index contributed by atoms with van der Waals surface area (Å²) in [6.45, 7) is 0. The molecule has 0 saturated carbocycles. The van der Waals surface area contributed by atoms with Crippen LogP contribution in [-0.2, 0) is 6.42 Å². The normalized spacial score (nSPS) is 11.1. The van der Waals surface area contributed by atoms with Gasteiger partial charge in [0.25, 0.3) is 0 Å². The lowest BCUT2D eigenvalue weighted by atomic mass is 9.98. The van der Waals surface area contributed by atoms with Crippen molar-refractivity contribution in [2.75, 3.05) is 0 Å². The summed E-state index contributed by atoms with van der Waals surface area (Å²) in [6, 6.07) is 23.5. The van der Waals surface area contributed by atoms with Crippen molar-refractivity contribution in [3.8, 4) is 11.3 Å². The van der Waals surface area contributed by atoms with E-state index in [-0.39, 0.29) is 5.82 Å². The molecule has 0 radical (unpaired) electrons.